The van der Waals surface area contributed by atoms with Gasteiger partial charge >= 0.3 is 0 Å². The SMILES string of the molecule is CCCNC(=O)[C@H](C)N(Cc1cccc(OC)c1)C(=O)CN(c1cc(Cl)ccc1OC)S(C)(=O)=O. The minimum absolute atomic E-state index is 0.0705. The smallest absolute Gasteiger partial charge is 0.244 e. The first-order valence-corrected chi connectivity index (χ1v) is 13.3. The normalized spacial score (nSPS) is 11.9. The van der Waals surface area contributed by atoms with Crippen LogP contribution < -0.4 is 19.1 Å². The average Bonchev–Trinajstić information content (AvgIpc) is 2.83. The average molecular weight is 526 g/mol. The molecule has 2 rings (SSSR count). The molecule has 35 heavy (non-hydrogen) atoms. The molecule has 1 atom stereocenters. The predicted molar refractivity (Wildman–Crippen MR) is 137 cm³/mol. The van der Waals surface area contributed by atoms with Crippen LogP contribution >= 0.6 is 11.6 Å². The second kappa shape index (κ2) is 12.6. The number of benzene rings is 2. The lowest BCUT2D eigenvalue weighted by atomic mass is 10.1. The summed E-state index contributed by atoms with van der Waals surface area (Å²) >= 11 is 6.11. The first kappa shape index (κ1) is 28.3. The first-order valence-electron chi connectivity index (χ1n) is 11.0. The van der Waals surface area contributed by atoms with E-state index in [1.807, 2.05) is 6.92 Å². The molecule has 192 valence electrons. The van der Waals surface area contributed by atoms with Crippen LogP contribution in [0.5, 0.6) is 11.5 Å². The van der Waals surface area contributed by atoms with Gasteiger partial charge in [0, 0.05) is 18.1 Å². The molecular weight excluding hydrogens is 494 g/mol. The van der Waals surface area contributed by atoms with Crippen LogP contribution in [0.4, 0.5) is 5.69 Å². The first-order chi connectivity index (χ1) is 16.5. The van der Waals surface area contributed by atoms with Gasteiger partial charge in [-0.05, 0) is 49.2 Å². The fourth-order valence-electron chi connectivity index (χ4n) is 3.40. The number of ether oxygens (including phenoxy) is 2. The standard InChI is InChI=1S/C24H32ClN3O6S/c1-6-12-26-24(30)17(2)27(15-18-8-7-9-20(13-18)33-3)23(29)16-28(35(5,31)32)21-14-19(25)10-11-22(21)34-4/h7-11,13-14,17H,6,12,15-16H2,1-5H3,(H,26,30)/t17-/m0/s1. The van der Waals surface area contributed by atoms with Crippen LogP contribution in [-0.2, 0) is 26.2 Å². The largest absolute Gasteiger partial charge is 0.497 e. The Balaban J connectivity index is 2.46. The van der Waals surface area contributed by atoms with Crippen molar-refractivity contribution in [1.29, 1.82) is 0 Å². The van der Waals surface area contributed by atoms with E-state index < -0.39 is 28.5 Å². The number of carbonyl (C=O) groups excluding carboxylic acids is 2. The number of rotatable bonds is 12. The Morgan fingerprint density at radius 3 is 2.43 bits per heavy atom. The molecule has 0 saturated carbocycles. The molecule has 2 amide bonds. The zero-order valence-corrected chi connectivity index (χ0v) is 22.1. The molecule has 0 radical (unpaired) electrons. The molecule has 0 bridgehead atoms. The Labute approximate surface area is 212 Å². The third kappa shape index (κ3) is 7.76. The van der Waals surface area contributed by atoms with Gasteiger partial charge in [0.15, 0.2) is 0 Å². The van der Waals surface area contributed by atoms with Crippen molar-refractivity contribution in [3.05, 3.63) is 53.1 Å². The highest BCUT2D eigenvalue weighted by molar-refractivity contribution is 7.92. The zero-order valence-electron chi connectivity index (χ0n) is 20.6. The molecule has 2 aromatic rings. The molecule has 0 saturated heterocycles. The fraction of sp³-hybridized carbons (Fsp3) is 0.417. The van der Waals surface area contributed by atoms with Gasteiger partial charge in [0.05, 0.1) is 26.2 Å². The van der Waals surface area contributed by atoms with E-state index in [0.29, 0.717) is 12.3 Å². The Morgan fingerprint density at radius 1 is 1.11 bits per heavy atom. The van der Waals surface area contributed by atoms with Crippen molar-refractivity contribution in [2.75, 3.05) is 37.9 Å². The molecule has 0 aromatic heterocycles. The summed E-state index contributed by atoms with van der Waals surface area (Å²) in [6.45, 7) is 3.51. The van der Waals surface area contributed by atoms with Crippen molar-refractivity contribution in [3.8, 4) is 11.5 Å². The van der Waals surface area contributed by atoms with E-state index in [0.717, 1.165) is 22.5 Å². The van der Waals surface area contributed by atoms with Crippen molar-refractivity contribution >= 4 is 39.1 Å². The van der Waals surface area contributed by atoms with Gasteiger partial charge in [-0.2, -0.15) is 0 Å². The summed E-state index contributed by atoms with van der Waals surface area (Å²) in [4.78, 5) is 27.7. The van der Waals surface area contributed by atoms with Crippen LogP contribution in [0, 0.1) is 0 Å². The maximum atomic E-state index is 13.6. The molecule has 0 aliphatic heterocycles. The van der Waals surface area contributed by atoms with E-state index in [4.69, 9.17) is 21.1 Å². The lowest BCUT2D eigenvalue weighted by Gasteiger charge is -2.32. The number of carbonyl (C=O) groups is 2. The number of methoxy groups -OCH3 is 2. The van der Waals surface area contributed by atoms with E-state index in [1.165, 1.54) is 31.3 Å². The van der Waals surface area contributed by atoms with Gasteiger partial charge in [0.2, 0.25) is 21.8 Å². The highest BCUT2D eigenvalue weighted by atomic mass is 35.5. The maximum absolute atomic E-state index is 13.6. The lowest BCUT2D eigenvalue weighted by molar-refractivity contribution is -0.139. The Hall–Kier alpha value is -2.98. The van der Waals surface area contributed by atoms with Gasteiger partial charge in [-0.15, -0.1) is 0 Å². The molecule has 9 nitrogen and oxygen atoms in total. The molecule has 2 aromatic carbocycles. The van der Waals surface area contributed by atoms with Crippen molar-refractivity contribution in [3.63, 3.8) is 0 Å². The Bertz CT molecular complexity index is 1140. The van der Waals surface area contributed by atoms with Gasteiger partial charge in [0.1, 0.15) is 24.1 Å². The van der Waals surface area contributed by atoms with Crippen molar-refractivity contribution < 1.29 is 27.5 Å². The van der Waals surface area contributed by atoms with Crippen molar-refractivity contribution in [2.45, 2.75) is 32.9 Å². The highest BCUT2D eigenvalue weighted by Crippen LogP contribution is 2.33. The quantitative estimate of drug-likeness (QED) is 0.456. The summed E-state index contributed by atoms with van der Waals surface area (Å²) in [7, 11) is -0.987. The number of amides is 2. The molecular formula is C24H32ClN3O6S. The molecule has 0 unspecified atom stereocenters. The summed E-state index contributed by atoms with van der Waals surface area (Å²) in [6, 6.07) is 10.7. The van der Waals surface area contributed by atoms with Crippen molar-refractivity contribution in [1.82, 2.24) is 10.2 Å². The van der Waals surface area contributed by atoms with Crippen molar-refractivity contribution in [2.24, 2.45) is 0 Å². The molecule has 0 spiro atoms. The third-order valence-corrected chi connectivity index (χ3v) is 6.65. The third-order valence-electron chi connectivity index (χ3n) is 5.29. The van der Waals surface area contributed by atoms with E-state index in [1.54, 1.807) is 37.3 Å². The van der Waals surface area contributed by atoms with E-state index in [2.05, 4.69) is 5.32 Å². The van der Waals surface area contributed by atoms with E-state index in [-0.39, 0.29) is 28.9 Å². The number of hydrogen-bond acceptors (Lipinski definition) is 6. The van der Waals surface area contributed by atoms with Gasteiger partial charge in [-0.3, -0.25) is 13.9 Å². The molecule has 0 aliphatic carbocycles. The Morgan fingerprint density at radius 2 is 1.83 bits per heavy atom. The minimum Gasteiger partial charge on any atom is -0.497 e. The number of nitrogens with one attached hydrogen (secondary N) is 1. The predicted octanol–water partition coefficient (Wildman–Crippen LogP) is 3.07. The Kier molecular flexibility index (Phi) is 10.2. The van der Waals surface area contributed by atoms with Crippen LogP contribution in [0.15, 0.2) is 42.5 Å². The second-order valence-corrected chi connectivity index (χ2v) is 10.3. The van der Waals surface area contributed by atoms with Gasteiger partial charge in [-0.25, -0.2) is 8.42 Å². The van der Waals surface area contributed by atoms with Gasteiger partial charge in [0.25, 0.3) is 0 Å². The molecule has 0 heterocycles. The number of halogens is 1. The topological polar surface area (TPSA) is 105 Å². The lowest BCUT2D eigenvalue weighted by Crippen LogP contribution is -2.51. The zero-order chi connectivity index (χ0) is 26.2. The maximum Gasteiger partial charge on any atom is 0.244 e. The number of sulfonamides is 1. The number of anilines is 1. The van der Waals surface area contributed by atoms with Crippen LogP contribution in [0.25, 0.3) is 0 Å². The van der Waals surface area contributed by atoms with Crippen LogP contribution in [0.2, 0.25) is 5.02 Å². The van der Waals surface area contributed by atoms with E-state index in [9.17, 15) is 18.0 Å². The molecule has 0 aliphatic rings. The highest BCUT2D eigenvalue weighted by Gasteiger charge is 2.31. The summed E-state index contributed by atoms with van der Waals surface area (Å²) < 4.78 is 36.9. The van der Waals surface area contributed by atoms with Crippen LogP contribution in [0.3, 0.4) is 0 Å². The second-order valence-electron chi connectivity index (χ2n) is 7.93. The summed E-state index contributed by atoms with van der Waals surface area (Å²) in [6.07, 6.45) is 1.73. The molecule has 1 N–H and O–H groups in total. The van der Waals surface area contributed by atoms with Gasteiger partial charge < -0.3 is 19.7 Å². The van der Waals surface area contributed by atoms with E-state index >= 15 is 0 Å². The minimum atomic E-state index is -3.91. The summed E-state index contributed by atoms with van der Waals surface area (Å²) in [5.74, 6) is -0.0751. The molecule has 11 heteroatoms. The summed E-state index contributed by atoms with van der Waals surface area (Å²) in [5.41, 5.74) is 0.847. The number of hydrogen-bond donors (Lipinski definition) is 1. The number of nitrogens with zero attached hydrogens (tertiary/aromatic N) is 2. The fourth-order valence-corrected chi connectivity index (χ4v) is 4.41. The van der Waals surface area contributed by atoms with Crippen LogP contribution in [0.1, 0.15) is 25.8 Å². The van der Waals surface area contributed by atoms with Gasteiger partial charge in [-0.1, -0.05) is 30.7 Å². The van der Waals surface area contributed by atoms with Crippen LogP contribution in [-0.4, -0.2) is 64.7 Å². The monoisotopic (exact) mass is 525 g/mol. The molecule has 0 fully saturated rings. The summed E-state index contributed by atoms with van der Waals surface area (Å²) in [5, 5.41) is 3.07.